The van der Waals surface area contributed by atoms with Gasteiger partial charge in [0.1, 0.15) is 0 Å². The van der Waals surface area contributed by atoms with E-state index >= 15 is 0 Å². The average molecular weight is 276 g/mol. The quantitative estimate of drug-likeness (QED) is 0.840. The van der Waals surface area contributed by atoms with Crippen molar-refractivity contribution in [1.29, 1.82) is 0 Å². The average Bonchev–Trinajstić information content (AvgIpc) is 2.48. The third-order valence-corrected chi connectivity index (χ3v) is 3.90. The zero-order chi connectivity index (χ0) is 14.4. The lowest BCUT2D eigenvalue weighted by Crippen LogP contribution is -2.34. The van der Waals surface area contributed by atoms with E-state index in [-0.39, 0.29) is 5.97 Å². The zero-order valence-corrected chi connectivity index (χ0v) is 12.4. The van der Waals surface area contributed by atoms with E-state index in [0.29, 0.717) is 18.9 Å². The van der Waals surface area contributed by atoms with Gasteiger partial charge < -0.3 is 15.0 Å². The van der Waals surface area contributed by atoms with Gasteiger partial charge >= 0.3 is 5.97 Å². The maximum absolute atomic E-state index is 11.5. The van der Waals surface area contributed by atoms with Gasteiger partial charge in [0.25, 0.3) is 0 Å². The first-order chi connectivity index (χ1) is 9.72. The SMILES string of the molecule is CCOC(=O)CC1CCN(c2ccc(NC)cc2)CC1. The van der Waals surface area contributed by atoms with Crippen molar-refractivity contribution in [3.8, 4) is 0 Å². The number of nitrogens with zero attached hydrogens (tertiary/aromatic N) is 1. The fourth-order valence-electron chi connectivity index (χ4n) is 2.69. The first-order valence-electron chi connectivity index (χ1n) is 7.41. The molecule has 0 amide bonds. The van der Waals surface area contributed by atoms with Crippen LogP contribution >= 0.6 is 0 Å². The molecule has 1 heterocycles. The van der Waals surface area contributed by atoms with Crippen molar-refractivity contribution in [2.75, 3.05) is 37.0 Å². The molecule has 4 nitrogen and oxygen atoms in total. The standard InChI is InChI=1S/C16H24N2O2/c1-3-20-16(19)12-13-8-10-18(11-9-13)15-6-4-14(17-2)5-7-15/h4-7,13,17H,3,8-12H2,1-2H3. The molecular weight excluding hydrogens is 252 g/mol. The molecule has 1 aliphatic rings. The number of hydrogen-bond acceptors (Lipinski definition) is 4. The molecule has 110 valence electrons. The molecular formula is C16H24N2O2. The topological polar surface area (TPSA) is 41.6 Å². The van der Waals surface area contributed by atoms with Gasteiger partial charge in [-0.25, -0.2) is 0 Å². The molecule has 1 aromatic carbocycles. The van der Waals surface area contributed by atoms with Crippen LogP contribution in [-0.2, 0) is 9.53 Å². The van der Waals surface area contributed by atoms with Crippen molar-refractivity contribution in [2.45, 2.75) is 26.2 Å². The largest absolute Gasteiger partial charge is 0.466 e. The van der Waals surface area contributed by atoms with Gasteiger partial charge in [-0.2, -0.15) is 0 Å². The highest BCUT2D eigenvalue weighted by Crippen LogP contribution is 2.26. The second-order valence-corrected chi connectivity index (χ2v) is 5.24. The normalized spacial score (nSPS) is 16.0. The smallest absolute Gasteiger partial charge is 0.306 e. The molecule has 1 N–H and O–H groups in total. The number of anilines is 2. The third kappa shape index (κ3) is 3.89. The van der Waals surface area contributed by atoms with Crippen LogP contribution in [0.3, 0.4) is 0 Å². The number of hydrogen-bond donors (Lipinski definition) is 1. The Morgan fingerprint density at radius 2 is 1.95 bits per heavy atom. The third-order valence-electron chi connectivity index (χ3n) is 3.90. The van der Waals surface area contributed by atoms with Crippen LogP contribution in [-0.4, -0.2) is 32.7 Å². The minimum absolute atomic E-state index is 0.0516. The van der Waals surface area contributed by atoms with E-state index in [2.05, 4.69) is 34.5 Å². The van der Waals surface area contributed by atoms with Gasteiger partial charge in [0, 0.05) is 37.9 Å². The predicted molar refractivity (Wildman–Crippen MR) is 82.2 cm³/mol. The van der Waals surface area contributed by atoms with E-state index in [9.17, 15) is 4.79 Å². The molecule has 4 heteroatoms. The number of piperidine rings is 1. The molecule has 0 saturated carbocycles. The first kappa shape index (κ1) is 14.7. The van der Waals surface area contributed by atoms with Crippen molar-refractivity contribution < 1.29 is 9.53 Å². The maximum Gasteiger partial charge on any atom is 0.306 e. The minimum atomic E-state index is -0.0516. The molecule has 0 aromatic heterocycles. The summed E-state index contributed by atoms with van der Waals surface area (Å²) < 4.78 is 5.02. The van der Waals surface area contributed by atoms with Crippen molar-refractivity contribution in [3.63, 3.8) is 0 Å². The molecule has 0 bridgehead atoms. The second kappa shape index (κ2) is 7.17. The summed E-state index contributed by atoms with van der Waals surface area (Å²) in [6, 6.07) is 8.50. The lowest BCUT2D eigenvalue weighted by Gasteiger charge is -2.33. The Bertz CT molecular complexity index is 423. The predicted octanol–water partition coefficient (Wildman–Crippen LogP) is 2.90. The van der Waals surface area contributed by atoms with Crippen molar-refractivity contribution in [3.05, 3.63) is 24.3 Å². The molecule has 0 spiro atoms. The monoisotopic (exact) mass is 276 g/mol. The van der Waals surface area contributed by atoms with Crippen molar-refractivity contribution in [2.24, 2.45) is 5.92 Å². The summed E-state index contributed by atoms with van der Waals surface area (Å²) in [6.45, 7) is 4.37. The number of ether oxygens (including phenoxy) is 1. The summed E-state index contributed by atoms with van der Waals surface area (Å²) >= 11 is 0. The van der Waals surface area contributed by atoms with E-state index < -0.39 is 0 Å². The van der Waals surface area contributed by atoms with Crippen molar-refractivity contribution >= 4 is 17.3 Å². The van der Waals surface area contributed by atoms with Gasteiger partial charge in [0.15, 0.2) is 0 Å². The van der Waals surface area contributed by atoms with Gasteiger partial charge in [0.2, 0.25) is 0 Å². The van der Waals surface area contributed by atoms with Crippen LogP contribution in [0.5, 0.6) is 0 Å². The van der Waals surface area contributed by atoms with Gasteiger partial charge in [-0.05, 0) is 49.9 Å². The van der Waals surface area contributed by atoms with Crippen LogP contribution in [0.4, 0.5) is 11.4 Å². The molecule has 0 radical (unpaired) electrons. The molecule has 1 aliphatic heterocycles. The van der Waals surface area contributed by atoms with Crippen molar-refractivity contribution in [1.82, 2.24) is 0 Å². The molecule has 1 saturated heterocycles. The van der Waals surface area contributed by atoms with Crippen LogP contribution in [0.15, 0.2) is 24.3 Å². The molecule has 1 aromatic rings. The van der Waals surface area contributed by atoms with Gasteiger partial charge in [-0.1, -0.05) is 0 Å². The maximum atomic E-state index is 11.5. The van der Waals surface area contributed by atoms with Gasteiger partial charge in [-0.3, -0.25) is 4.79 Å². The molecule has 1 fully saturated rings. The molecule has 0 unspecified atom stereocenters. The highest BCUT2D eigenvalue weighted by Gasteiger charge is 2.22. The lowest BCUT2D eigenvalue weighted by atomic mass is 9.93. The second-order valence-electron chi connectivity index (χ2n) is 5.24. The van der Waals surface area contributed by atoms with E-state index in [4.69, 9.17) is 4.74 Å². The molecule has 2 rings (SSSR count). The minimum Gasteiger partial charge on any atom is -0.466 e. The number of nitrogens with one attached hydrogen (secondary N) is 1. The molecule has 20 heavy (non-hydrogen) atoms. The van der Waals surface area contributed by atoms with Crippen LogP contribution < -0.4 is 10.2 Å². The number of carbonyl (C=O) groups excluding carboxylic acids is 1. The lowest BCUT2D eigenvalue weighted by molar-refractivity contribution is -0.144. The van der Waals surface area contributed by atoms with E-state index in [1.54, 1.807) is 0 Å². The highest BCUT2D eigenvalue weighted by atomic mass is 16.5. The van der Waals surface area contributed by atoms with Crippen LogP contribution in [0, 0.1) is 5.92 Å². The number of benzene rings is 1. The van der Waals surface area contributed by atoms with Crippen LogP contribution in [0.1, 0.15) is 26.2 Å². The van der Waals surface area contributed by atoms with Crippen LogP contribution in [0.2, 0.25) is 0 Å². The highest BCUT2D eigenvalue weighted by molar-refractivity contribution is 5.69. The van der Waals surface area contributed by atoms with Gasteiger partial charge in [-0.15, -0.1) is 0 Å². The first-order valence-corrected chi connectivity index (χ1v) is 7.41. The number of esters is 1. The molecule has 0 atom stereocenters. The summed E-state index contributed by atoms with van der Waals surface area (Å²) in [4.78, 5) is 13.9. The Labute approximate surface area is 121 Å². The number of rotatable bonds is 5. The Balaban J connectivity index is 1.82. The van der Waals surface area contributed by atoms with Gasteiger partial charge in [0.05, 0.1) is 6.61 Å². The Morgan fingerprint density at radius 3 is 2.50 bits per heavy atom. The Morgan fingerprint density at radius 1 is 1.30 bits per heavy atom. The summed E-state index contributed by atoms with van der Waals surface area (Å²) in [5, 5.41) is 3.13. The van der Waals surface area contributed by atoms with E-state index in [0.717, 1.165) is 31.6 Å². The zero-order valence-electron chi connectivity index (χ0n) is 12.4. The summed E-state index contributed by atoms with van der Waals surface area (Å²) in [6.07, 6.45) is 2.69. The Kier molecular flexibility index (Phi) is 5.27. The fourth-order valence-corrected chi connectivity index (χ4v) is 2.69. The number of carbonyl (C=O) groups is 1. The Hall–Kier alpha value is -1.71. The summed E-state index contributed by atoms with van der Waals surface area (Å²) in [5.74, 6) is 0.422. The summed E-state index contributed by atoms with van der Waals surface area (Å²) in [7, 11) is 1.93. The van der Waals surface area contributed by atoms with E-state index in [1.807, 2.05) is 14.0 Å². The van der Waals surface area contributed by atoms with E-state index in [1.165, 1.54) is 5.69 Å². The summed E-state index contributed by atoms with van der Waals surface area (Å²) in [5.41, 5.74) is 2.39. The fraction of sp³-hybridized carbons (Fsp3) is 0.562. The van der Waals surface area contributed by atoms with Crippen LogP contribution in [0.25, 0.3) is 0 Å². The molecule has 0 aliphatic carbocycles.